The third-order valence-corrected chi connectivity index (χ3v) is 2.27. The molecule has 0 aromatic carbocycles. The Kier molecular flexibility index (Phi) is 5.14. The van der Waals surface area contributed by atoms with E-state index in [9.17, 15) is 0 Å². The van der Waals surface area contributed by atoms with Crippen molar-refractivity contribution in [2.45, 2.75) is 25.9 Å². The van der Waals surface area contributed by atoms with Crippen molar-refractivity contribution in [3.05, 3.63) is 12.4 Å². The van der Waals surface area contributed by atoms with Gasteiger partial charge in [0.2, 0.25) is 5.95 Å². The molecule has 0 saturated heterocycles. The van der Waals surface area contributed by atoms with Crippen molar-refractivity contribution in [1.82, 2.24) is 9.55 Å². The number of ether oxygens (including phenoxy) is 1. The zero-order chi connectivity index (χ0) is 11.1. The van der Waals surface area contributed by atoms with Crippen molar-refractivity contribution in [2.75, 3.05) is 25.6 Å². The standard InChI is InChI=1S/C10H20N4O/c1-3-14-7-6-12-10(14)13-9(4-5-11)8-15-2/h6-7,9H,3-5,8,11H2,1-2H3,(H,12,13). The summed E-state index contributed by atoms with van der Waals surface area (Å²) in [6.45, 7) is 4.29. The van der Waals surface area contributed by atoms with Gasteiger partial charge in [0.1, 0.15) is 0 Å². The van der Waals surface area contributed by atoms with Gasteiger partial charge in [0, 0.05) is 26.0 Å². The Hall–Kier alpha value is -1.07. The summed E-state index contributed by atoms with van der Waals surface area (Å²) in [6.07, 6.45) is 4.62. The van der Waals surface area contributed by atoms with Gasteiger partial charge in [0.15, 0.2) is 0 Å². The highest BCUT2D eigenvalue weighted by molar-refractivity contribution is 5.27. The van der Waals surface area contributed by atoms with Crippen LogP contribution >= 0.6 is 0 Å². The minimum atomic E-state index is 0.229. The van der Waals surface area contributed by atoms with E-state index in [2.05, 4.69) is 21.8 Å². The van der Waals surface area contributed by atoms with Crippen LogP contribution in [0.25, 0.3) is 0 Å². The Balaban J connectivity index is 2.56. The third kappa shape index (κ3) is 3.53. The maximum absolute atomic E-state index is 5.54. The summed E-state index contributed by atoms with van der Waals surface area (Å²) in [5, 5.41) is 3.33. The highest BCUT2D eigenvalue weighted by Gasteiger charge is 2.09. The van der Waals surface area contributed by atoms with E-state index in [1.807, 2.05) is 6.20 Å². The Labute approximate surface area is 90.6 Å². The van der Waals surface area contributed by atoms with Crippen LogP contribution in [0.4, 0.5) is 5.95 Å². The number of anilines is 1. The van der Waals surface area contributed by atoms with Crippen molar-refractivity contribution >= 4 is 5.95 Å². The number of nitrogens with one attached hydrogen (secondary N) is 1. The molecule has 1 aromatic heterocycles. The number of aromatic nitrogens is 2. The van der Waals surface area contributed by atoms with Crippen molar-refractivity contribution in [2.24, 2.45) is 5.73 Å². The topological polar surface area (TPSA) is 65.1 Å². The highest BCUT2D eigenvalue weighted by Crippen LogP contribution is 2.07. The van der Waals surface area contributed by atoms with E-state index in [4.69, 9.17) is 10.5 Å². The second-order valence-electron chi connectivity index (χ2n) is 3.41. The van der Waals surface area contributed by atoms with Crippen LogP contribution in [-0.4, -0.2) is 35.9 Å². The summed E-state index contributed by atoms with van der Waals surface area (Å²) < 4.78 is 7.18. The van der Waals surface area contributed by atoms with Crippen LogP contribution in [0.3, 0.4) is 0 Å². The number of aryl methyl sites for hydroxylation is 1. The molecule has 5 nitrogen and oxygen atoms in total. The van der Waals surface area contributed by atoms with Gasteiger partial charge >= 0.3 is 0 Å². The zero-order valence-corrected chi connectivity index (χ0v) is 9.44. The fourth-order valence-electron chi connectivity index (χ4n) is 1.49. The number of rotatable bonds is 7. The zero-order valence-electron chi connectivity index (χ0n) is 9.44. The number of nitrogens with zero attached hydrogens (tertiary/aromatic N) is 2. The molecule has 0 amide bonds. The van der Waals surface area contributed by atoms with E-state index in [-0.39, 0.29) is 6.04 Å². The molecule has 0 aliphatic heterocycles. The molecule has 0 aliphatic rings. The molecule has 3 N–H and O–H groups in total. The normalized spacial score (nSPS) is 12.7. The van der Waals surface area contributed by atoms with Crippen LogP contribution < -0.4 is 11.1 Å². The van der Waals surface area contributed by atoms with E-state index >= 15 is 0 Å². The Morgan fingerprint density at radius 1 is 1.67 bits per heavy atom. The smallest absolute Gasteiger partial charge is 0.203 e. The number of hydrogen-bond acceptors (Lipinski definition) is 4. The van der Waals surface area contributed by atoms with Crippen LogP contribution in [-0.2, 0) is 11.3 Å². The predicted octanol–water partition coefficient (Wildman–Crippen LogP) is 0.679. The molecule has 0 fully saturated rings. The Morgan fingerprint density at radius 2 is 2.47 bits per heavy atom. The van der Waals surface area contributed by atoms with Crippen LogP contribution in [0, 0.1) is 0 Å². The van der Waals surface area contributed by atoms with E-state index < -0.39 is 0 Å². The molecular formula is C10H20N4O. The van der Waals surface area contributed by atoms with Gasteiger partial charge in [0.05, 0.1) is 12.6 Å². The van der Waals surface area contributed by atoms with Gasteiger partial charge < -0.3 is 20.4 Å². The molecule has 0 aliphatic carbocycles. The molecule has 0 spiro atoms. The van der Waals surface area contributed by atoms with Gasteiger partial charge in [0.25, 0.3) is 0 Å². The van der Waals surface area contributed by atoms with Crippen molar-refractivity contribution < 1.29 is 4.74 Å². The maximum Gasteiger partial charge on any atom is 0.203 e. The summed E-state index contributed by atoms with van der Waals surface area (Å²) in [5.41, 5.74) is 5.54. The lowest BCUT2D eigenvalue weighted by atomic mass is 10.2. The summed E-state index contributed by atoms with van der Waals surface area (Å²) in [7, 11) is 1.69. The van der Waals surface area contributed by atoms with E-state index in [1.54, 1.807) is 13.3 Å². The van der Waals surface area contributed by atoms with Gasteiger partial charge in [-0.2, -0.15) is 0 Å². The average molecular weight is 212 g/mol. The van der Waals surface area contributed by atoms with Crippen LogP contribution in [0.2, 0.25) is 0 Å². The van der Waals surface area contributed by atoms with E-state index in [0.29, 0.717) is 13.2 Å². The first-order chi connectivity index (χ1) is 7.31. The quantitative estimate of drug-likeness (QED) is 0.697. The lowest BCUT2D eigenvalue weighted by molar-refractivity contribution is 0.183. The highest BCUT2D eigenvalue weighted by atomic mass is 16.5. The second kappa shape index (κ2) is 6.42. The van der Waals surface area contributed by atoms with Crippen molar-refractivity contribution in [3.63, 3.8) is 0 Å². The minimum Gasteiger partial charge on any atom is -0.383 e. The third-order valence-electron chi connectivity index (χ3n) is 2.27. The largest absolute Gasteiger partial charge is 0.383 e. The van der Waals surface area contributed by atoms with Crippen LogP contribution in [0.5, 0.6) is 0 Å². The minimum absolute atomic E-state index is 0.229. The number of hydrogen-bond donors (Lipinski definition) is 2. The van der Waals surface area contributed by atoms with Gasteiger partial charge in [-0.05, 0) is 19.9 Å². The molecule has 15 heavy (non-hydrogen) atoms. The van der Waals surface area contributed by atoms with Crippen molar-refractivity contribution in [3.8, 4) is 0 Å². The maximum atomic E-state index is 5.54. The van der Waals surface area contributed by atoms with Gasteiger partial charge in [-0.3, -0.25) is 0 Å². The molecule has 0 saturated carbocycles. The van der Waals surface area contributed by atoms with Gasteiger partial charge in [-0.15, -0.1) is 0 Å². The number of imidazole rings is 1. The number of nitrogens with two attached hydrogens (primary N) is 1. The fraction of sp³-hybridized carbons (Fsp3) is 0.700. The molecular weight excluding hydrogens is 192 g/mol. The average Bonchev–Trinajstić information content (AvgIpc) is 2.66. The Bertz CT molecular complexity index is 268. The molecule has 0 radical (unpaired) electrons. The first kappa shape index (κ1) is 12.0. The fourth-order valence-corrected chi connectivity index (χ4v) is 1.49. The second-order valence-corrected chi connectivity index (χ2v) is 3.41. The molecule has 0 bridgehead atoms. The van der Waals surface area contributed by atoms with Gasteiger partial charge in [-0.25, -0.2) is 4.98 Å². The summed E-state index contributed by atoms with van der Waals surface area (Å²) in [4.78, 5) is 4.25. The lowest BCUT2D eigenvalue weighted by Crippen LogP contribution is -2.29. The van der Waals surface area contributed by atoms with Crippen LogP contribution in [0.15, 0.2) is 12.4 Å². The molecule has 1 atom stereocenters. The summed E-state index contributed by atoms with van der Waals surface area (Å²) in [5.74, 6) is 0.882. The molecule has 1 aromatic rings. The first-order valence-corrected chi connectivity index (χ1v) is 5.28. The monoisotopic (exact) mass is 212 g/mol. The Morgan fingerprint density at radius 3 is 3.07 bits per heavy atom. The lowest BCUT2D eigenvalue weighted by Gasteiger charge is -2.18. The van der Waals surface area contributed by atoms with Gasteiger partial charge in [-0.1, -0.05) is 0 Å². The van der Waals surface area contributed by atoms with E-state index in [0.717, 1.165) is 18.9 Å². The molecule has 86 valence electrons. The molecule has 1 heterocycles. The molecule has 5 heteroatoms. The van der Waals surface area contributed by atoms with E-state index in [1.165, 1.54) is 0 Å². The summed E-state index contributed by atoms with van der Waals surface area (Å²) >= 11 is 0. The summed E-state index contributed by atoms with van der Waals surface area (Å²) in [6, 6.07) is 0.229. The van der Waals surface area contributed by atoms with Crippen LogP contribution in [0.1, 0.15) is 13.3 Å². The number of methoxy groups -OCH3 is 1. The first-order valence-electron chi connectivity index (χ1n) is 5.28. The molecule has 1 rings (SSSR count). The SMILES string of the molecule is CCn1ccnc1NC(CCN)COC. The predicted molar refractivity (Wildman–Crippen MR) is 60.9 cm³/mol. The van der Waals surface area contributed by atoms with Crippen molar-refractivity contribution in [1.29, 1.82) is 0 Å². The molecule has 1 unspecified atom stereocenters.